The standard InChI is InChI=1S/C16H21N3O3S/c1-19(2)8-5-9-22-14-7-4-3-6-12(14)13-10-15(18-17-13)23-11-16(20)21/h3-4,6-7H,5,8-11H2,1-2H3,(H,20,21). The van der Waals surface area contributed by atoms with E-state index in [-0.39, 0.29) is 5.75 Å². The molecule has 0 saturated heterocycles. The lowest BCUT2D eigenvalue weighted by molar-refractivity contribution is -0.133. The number of ether oxygens (including phenoxy) is 1. The highest BCUT2D eigenvalue weighted by molar-refractivity contribution is 8.14. The molecule has 0 unspecified atom stereocenters. The minimum atomic E-state index is -0.851. The van der Waals surface area contributed by atoms with Crippen molar-refractivity contribution >= 4 is 28.5 Å². The molecule has 0 bridgehead atoms. The van der Waals surface area contributed by atoms with E-state index in [0.717, 1.165) is 35.0 Å². The van der Waals surface area contributed by atoms with Gasteiger partial charge < -0.3 is 14.7 Å². The van der Waals surface area contributed by atoms with E-state index in [1.807, 2.05) is 38.4 Å². The zero-order valence-electron chi connectivity index (χ0n) is 13.4. The summed E-state index contributed by atoms with van der Waals surface area (Å²) in [4.78, 5) is 12.7. The van der Waals surface area contributed by atoms with Crippen LogP contribution in [0.25, 0.3) is 0 Å². The number of carboxylic acids is 1. The molecule has 23 heavy (non-hydrogen) atoms. The molecule has 1 aliphatic rings. The Balaban J connectivity index is 1.92. The first kappa shape index (κ1) is 17.5. The van der Waals surface area contributed by atoms with Gasteiger partial charge in [-0.15, -0.1) is 5.10 Å². The third-order valence-electron chi connectivity index (χ3n) is 3.17. The summed E-state index contributed by atoms with van der Waals surface area (Å²) in [5, 5.41) is 17.7. The maximum atomic E-state index is 10.6. The van der Waals surface area contributed by atoms with Gasteiger partial charge in [-0.05, 0) is 32.6 Å². The third kappa shape index (κ3) is 5.69. The van der Waals surface area contributed by atoms with Crippen molar-refractivity contribution in [2.24, 2.45) is 10.2 Å². The summed E-state index contributed by atoms with van der Waals surface area (Å²) in [6.07, 6.45) is 1.50. The van der Waals surface area contributed by atoms with Crippen molar-refractivity contribution in [3.05, 3.63) is 29.8 Å². The molecule has 7 heteroatoms. The normalized spacial score (nSPS) is 13.9. The minimum absolute atomic E-state index is 0.00428. The molecule has 1 heterocycles. The molecule has 6 nitrogen and oxygen atoms in total. The van der Waals surface area contributed by atoms with Gasteiger partial charge in [0.25, 0.3) is 0 Å². The third-order valence-corrected chi connectivity index (χ3v) is 4.12. The fraction of sp³-hybridized carbons (Fsp3) is 0.438. The average molecular weight is 335 g/mol. The second-order valence-corrected chi connectivity index (χ2v) is 6.45. The monoisotopic (exact) mass is 335 g/mol. The number of nitrogens with zero attached hydrogens (tertiary/aromatic N) is 3. The molecular weight excluding hydrogens is 314 g/mol. The Morgan fingerprint density at radius 3 is 2.87 bits per heavy atom. The summed E-state index contributed by atoms with van der Waals surface area (Å²) >= 11 is 1.21. The Labute approximate surface area is 140 Å². The summed E-state index contributed by atoms with van der Waals surface area (Å²) in [7, 11) is 4.07. The number of hydrogen-bond acceptors (Lipinski definition) is 6. The van der Waals surface area contributed by atoms with Crippen LogP contribution in [-0.4, -0.2) is 59.7 Å². The topological polar surface area (TPSA) is 74.5 Å². The van der Waals surface area contributed by atoms with Gasteiger partial charge in [0.05, 0.1) is 18.1 Å². The highest BCUT2D eigenvalue weighted by Gasteiger charge is 2.18. The van der Waals surface area contributed by atoms with Crippen LogP contribution in [0.1, 0.15) is 18.4 Å². The van der Waals surface area contributed by atoms with Crippen LogP contribution in [0, 0.1) is 0 Å². The van der Waals surface area contributed by atoms with Gasteiger partial charge in [0.1, 0.15) is 10.8 Å². The number of aliphatic carboxylic acids is 1. The quantitative estimate of drug-likeness (QED) is 0.738. The molecule has 2 rings (SSSR count). The van der Waals surface area contributed by atoms with E-state index >= 15 is 0 Å². The molecule has 0 spiro atoms. The first-order valence-electron chi connectivity index (χ1n) is 7.41. The van der Waals surface area contributed by atoms with E-state index in [1.54, 1.807) is 0 Å². The lowest BCUT2D eigenvalue weighted by Crippen LogP contribution is -2.16. The van der Waals surface area contributed by atoms with Crippen LogP contribution in [0.15, 0.2) is 34.5 Å². The average Bonchev–Trinajstić information content (AvgIpc) is 2.98. The Bertz CT molecular complexity index is 614. The van der Waals surface area contributed by atoms with Crippen molar-refractivity contribution in [3.63, 3.8) is 0 Å². The zero-order valence-corrected chi connectivity index (χ0v) is 14.2. The second kappa shape index (κ2) is 8.69. The van der Waals surface area contributed by atoms with Crippen LogP contribution in [-0.2, 0) is 4.79 Å². The van der Waals surface area contributed by atoms with Crippen molar-refractivity contribution in [1.29, 1.82) is 0 Å². The van der Waals surface area contributed by atoms with Crippen LogP contribution >= 0.6 is 11.8 Å². The van der Waals surface area contributed by atoms with Gasteiger partial charge in [0.2, 0.25) is 0 Å². The number of para-hydroxylation sites is 1. The van der Waals surface area contributed by atoms with E-state index in [9.17, 15) is 4.79 Å². The maximum Gasteiger partial charge on any atom is 0.313 e. The Morgan fingerprint density at radius 1 is 1.35 bits per heavy atom. The van der Waals surface area contributed by atoms with E-state index < -0.39 is 5.97 Å². The van der Waals surface area contributed by atoms with Gasteiger partial charge in [-0.3, -0.25) is 4.79 Å². The van der Waals surface area contributed by atoms with Crippen molar-refractivity contribution in [2.75, 3.05) is 33.0 Å². The second-order valence-electron chi connectivity index (χ2n) is 5.40. The molecule has 0 aromatic heterocycles. The lowest BCUT2D eigenvalue weighted by Gasteiger charge is -2.13. The van der Waals surface area contributed by atoms with Gasteiger partial charge in [-0.25, -0.2) is 0 Å². The van der Waals surface area contributed by atoms with E-state index in [4.69, 9.17) is 9.84 Å². The Kier molecular flexibility index (Phi) is 6.61. The first-order valence-corrected chi connectivity index (χ1v) is 8.39. The largest absolute Gasteiger partial charge is 0.493 e. The number of rotatable bonds is 8. The molecule has 0 atom stereocenters. The fourth-order valence-electron chi connectivity index (χ4n) is 2.10. The summed E-state index contributed by atoms with van der Waals surface area (Å²) in [6, 6.07) is 7.75. The predicted molar refractivity (Wildman–Crippen MR) is 93.8 cm³/mol. The molecule has 0 aliphatic carbocycles. The summed E-state index contributed by atoms with van der Waals surface area (Å²) < 4.78 is 5.87. The number of benzene rings is 1. The van der Waals surface area contributed by atoms with Crippen molar-refractivity contribution in [2.45, 2.75) is 12.8 Å². The molecule has 1 aliphatic heterocycles. The zero-order chi connectivity index (χ0) is 16.7. The van der Waals surface area contributed by atoms with E-state index in [1.165, 1.54) is 11.8 Å². The van der Waals surface area contributed by atoms with E-state index in [2.05, 4.69) is 15.1 Å². The van der Waals surface area contributed by atoms with Gasteiger partial charge in [-0.1, -0.05) is 23.9 Å². The Morgan fingerprint density at radius 2 is 2.13 bits per heavy atom. The van der Waals surface area contributed by atoms with Gasteiger partial charge in [0.15, 0.2) is 0 Å². The van der Waals surface area contributed by atoms with E-state index in [0.29, 0.717) is 13.0 Å². The summed E-state index contributed by atoms with van der Waals surface area (Å²) in [5.74, 6) is -0.0508. The molecule has 1 aromatic carbocycles. The predicted octanol–water partition coefficient (Wildman–Crippen LogP) is 2.34. The first-order chi connectivity index (χ1) is 11.1. The highest BCUT2D eigenvalue weighted by Crippen LogP contribution is 2.25. The van der Waals surface area contributed by atoms with Gasteiger partial charge >= 0.3 is 5.97 Å². The van der Waals surface area contributed by atoms with Crippen molar-refractivity contribution in [1.82, 2.24) is 4.90 Å². The van der Waals surface area contributed by atoms with Gasteiger partial charge in [-0.2, -0.15) is 5.10 Å². The molecule has 0 saturated carbocycles. The molecule has 124 valence electrons. The van der Waals surface area contributed by atoms with Gasteiger partial charge in [0, 0.05) is 18.5 Å². The SMILES string of the molecule is CN(C)CCCOc1ccccc1C1=NN=C(SCC(=O)O)C1. The maximum absolute atomic E-state index is 10.6. The van der Waals surface area contributed by atoms with Crippen molar-refractivity contribution < 1.29 is 14.6 Å². The number of thioether (sulfide) groups is 1. The van der Waals surface area contributed by atoms with Crippen LogP contribution in [0.4, 0.5) is 0 Å². The summed E-state index contributed by atoms with van der Waals surface area (Å²) in [6.45, 7) is 1.62. The summed E-state index contributed by atoms with van der Waals surface area (Å²) in [5.41, 5.74) is 1.74. The smallest absolute Gasteiger partial charge is 0.313 e. The number of carboxylic acid groups (broad SMARTS) is 1. The minimum Gasteiger partial charge on any atom is -0.493 e. The van der Waals surface area contributed by atoms with Crippen LogP contribution in [0.3, 0.4) is 0 Å². The lowest BCUT2D eigenvalue weighted by atomic mass is 10.1. The molecule has 1 N–H and O–H groups in total. The Hall–Kier alpha value is -1.86. The molecule has 0 fully saturated rings. The number of hydrogen-bond donors (Lipinski definition) is 1. The molecular formula is C16H21N3O3S. The van der Waals surface area contributed by atoms with Crippen molar-refractivity contribution in [3.8, 4) is 5.75 Å². The van der Waals surface area contributed by atoms with Crippen LogP contribution in [0.5, 0.6) is 5.75 Å². The molecule has 1 aromatic rings. The molecule has 0 radical (unpaired) electrons. The van der Waals surface area contributed by atoms with Crippen LogP contribution < -0.4 is 4.74 Å². The fourth-order valence-corrected chi connectivity index (χ4v) is 2.73. The number of carbonyl (C=O) groups is 1. The highest BCUT2D eigenvalue weighted by atomic mass is 32.2. The molecule has 0 amide bonds. The van der Waals surface area contributed by atoms with Crippen LogP contribution in [0.2, 0.25) is 0 Å².